The Morgan fingerprint density at radius 2 is 1.79 bits per heavy atom. The lowest BCUT2D eigenvalue weighted by molar-refractivity contribution is 1.49. The molecule has 3 aromatic rings. The predicted octanol–water partition coefficient (Wildman–Crippen LogP) is 3.97. The summed E-state index contributed by atoms with van der Waals surface area (Å²) < 4.78 is 0. The smallest absolute Gasteiger partial charge is 0.0534 e. The first kappa shape index (κ1) is 7.89. The molecule has 0 radical (unpaired) electrons. The lowest BCUT2D eigenvalue weighted by Gasteiger charge is -2.01. The van der Waals surface area contributed by atoms with Crippen LogP contribution in [-0.2, 0) is 0 Å². The molecule has 14 heavy (non-hydrogen) atoms. The molecule has 0 saturated heterocycles. The molecule has 2 aromatic carbocycles. The quantitative estimate of drug-likeness (QED) is 0.567. The van der Waals surface area contributed by atoms with Gasteiger partial charge in [0.05, 0.1) is 5.52 Å². The van der Waals surface area contributed by atoms with Gasteiger partial charge in [0.1, 0.15) is 0 Å². The highest BCUT2D eigenvalue weighted by molar-refractivity contribution is 6.37. The number of benzene rings is 2. The van der Waals surface area contributed by atoms with Crippen LogP contribution in [0, 0.1) is 0 Å². The van der Waals surface area contributed by atoms with Gasteiger partial charge in [0.2, 0.25) is 0 Å². The Labute approximate surface area is 86.3 Å². The van der Waals surface area contributed by atoms with Crippen molar-refractivity contribution < 1.29 is 0 Å². The summed E-state index contributed by atoms with van der Waals surface area (Å²) in [6, 6.07) is 12.2. The van der Waals surface area contributed by atoms with Gasteiger partial charge in [-0.05, 0) is 12.1 Å². The van der Waals surface area contributed by atoms with Gasteiger partial charge < -0.3 is 4.98 Å². The summed E-state index contributed by atoms with van der Waals surface area (Å²) in [7, 11) is 0. The Kier molecular flexibility index (Phi) is 1.55. The maximum absolute atomic E-state index is 6.18. The molecule has 0 bridgehead atoms. The lowest BCUT2D eigenvalue weighted by atomic mass is 10.1. The molecular weight excluding hydrogens is 194 g/mol. The molecular formula is C12H8ClN. The largest absolute Gasteiger partial charge is 0.361 e. The molecule has 0 saturated carbocycles. The molecule has 0 amide bonds. The molecule has 0 aliphatic heterocycles. The van der Waals surface area contributed by atoms with E-state index in [4.69, 9.17) is 11.6 Å². The van der Waals surface area contributed by atoms with Crippen molar-refractivity contribution in [3.8, 4) is 0 Å². The Bertz CT molecular complexity index is 610. The van der Waals surface area contributed by atoms with Crippen molar-refractivity contribution in [1.82, 2.24) is 4.98 Å². The molecule has 0 aliphatic carbocycles. The molecule has 0 aliphatic rings. The molecule has 0 unspecified atom stereocenters. The summed E-state index contributed by atoms with van der Waals surface area (Å²) >= 11 is 6.18. The Balaban J connectivity index is 2.67. The van der Waals surface area contributed by atoms with Crippen molar-refractivity contribution in [3.05, 3.63) is 47.6 Å². The minimum Gasteiger partial charge on any atom is -0.361 e. The van der Waals surface area contributed by atoms with Crippen molar-refractivity contribution in [2.75, 3.05) is 0 Å². The average Bonchev–Trinajstić information content (AvgIpc) is 2.66. The van der Waals surface area contributed by atoms with E-state index in [2.05, 4.69) is 11.1 Å². The highest BCUT2D eigenvalue weighted by atomic mass is 35.5. The number of aromatic nitrogens is 1. The summed E-state index contributed by atoms with van der Waals surface area (Å²) in [6.07, 6.45) is 1.94. The van der Waals surface area contributed by atoms with E-state index in [1.165, 1.54) is 5.39 Å². The second-order valence-corrected chi connectivity index (χ2v) is 3.75. The molecule has 1 N–H and O–H groups in total. The molecule has 1 nitrogen and oxygen atoms in total. The lowest BCUT2D eigenvalue weighted by Crippen LogP contribution is -1.76. The Hall–Kier alpha value is -1.47. The van der Waals surface area contributed by atoms with Gasteiger partial charge in [0.25, 0.3) is 0 Å². The van der Waals surface area contributed by atoms with E-state index < -0.39 is 0 Å². The number of fused-ring (bicyclic) bond motifs is 3. The molecule has 1 aromatic heterocycles. The van der Waals surface area contributed by atoms with E-state index in [0.717, 1.165) is 21.3 Å². The summed E-state index contributed by atoms with van der Waals surface area (Å²) in [6.45, 7) is 0. The molecule has 1 heterocycles. The average molecular weight is 202 g/mol. The number of halogens is 1. The Morgan fingerprint density at radius 1 is 1.00 bits per heavy atom. The summed E-state index contributed by atoms with van der Waals surface area (Å²) in [4.78, 5) is 3.23. The van der Waals surface area contributed by atoms with Crippen molar-refractivity contribution in [3.63, 3.8) is 0 Å². The standard InChI is InChI=1S/C12H8ClN/c13-11-7-8-5-6-14-12(8)10-4-2-1-3-9(10)11/h1-7,14H. The van der Waals surface area contributed by atoms with Gasteiger partial charge in [-0.25, -0.2) is 0 Å². The Morgan fingerprint density at radius 3 is 2.64 bits per heavy atom. The van der Waals surface area contributed by atoms with Crippen LogP contribution in [-0.4, -0.2) is 4.98 Å². The summed E-state index contributed by atoms with van der Waals surface area (Å²) in [5, 5.41) is 4.26. The van der Waals surface area contributed by atoms with E-state index in [9.17, 15) is 0 Å². The fourth-order valence-corrected chi connectivity index (χ4v) is 2.14. The molecule has 68 valence electrons. The predicted molar refractivity (Wildman–Crippen MR) is 60.8 cm³/mol. The maximum Gasteiger partial charge on any atom is 0.0534 e. The molecule has 2 heteroatoms. The second kappa shape index (κ2) is 2.76. The zero-order chi connectivity index (χ0) is 9.54. The second-order valence-electron chi connectivity index (χ2n) is 3.35. The number of rotatable bonds is 0. The van der Waals surface area contributed by atoms with Crippen LogP contribution < -0.4 is 0 Å². The summed E-state index contributed by atoms with van der Waals surface area (Å²) in [5.41, 5.74) is 1.16. The maximum atomic E-state index is 6.18. The van der Waals surface area contributed by atoms with Crippen molar-refractivity contribution in [2.45, 2.75) is 0 Å². The molecule has 0 fully saturated rings. The van der Waals surface area contributed by atoms with Crippen LogP contribution >= 0.6 is 11.6 Å². The summed E-state index contributed by atoms with van der Waals surface area (Å²) in [5.74, 6) is 0. The van der Waals surface area contributed by atoms with Crippen LogP contribution in [0.2, 0.25) is 5.02 Å². The van der Waals surface area contributed by atoms with Crippen LogP contribution in [0.15, 0.2) is 42.6 Å². The van der Waals surface area contributed by atoms with Gasteiger partial charge in [-0.3, -0.25) is 0 Å². The zero-order valence-electron chi connectivity index (χ0n) is 7.42. The first-order valence-corrected chi connectivity index (χ1v) is 4.88. The van der Waals surface area contributed by atoms with Crippen LogP contribution in [0.4, 0.5) is 0 Å². The minimum atomic E-state index is 0.813. The highest BCUT2D eigenvalue weighted by Crippen LogP contribution is 2.30. The van der Waals surface area contributed by atoms with Crippen molar-refractivity contribution >= 4 is 33.3 Å². The minimum absolute atomic E-state index is 0.813. The molecule has 0 atom stereocenters. The first-order chi connectivity index (χ1) is 6.86. The van der Waals surface area contributed by atoms with E-state index in [1.807, 2.05) is 36.5 Å². The van der Waals surface area contributed by atoms with Gasteiger partial charge in [0.15, 0.2) is 0 Å². The SMILES string of the molecule is Clc1cc2cc[nH]c2c2ccccc12. The topological polar surface area (TPSA) is 15.8 Å². The van der Waals surface area contributed by atoms with Crippen LogP contribution in [0.5, 0.6) is 0 Å². The number of H-pyrrole nitrogens is 1. The molecule has 3 rings (SSSR count). The van der Waals surface area contributed by atoms with Gasteiger partial charge in [0, 0.05) is 27.4 Å². The highest BCUT2D eigenvalue weighted by Gasteiger charge is 2.04. The fraction of sp³-hybridized carbons (Fsp3) is 0. The first-order valence-electron chi connectivity index (χ1n) is 4.50. The van der Waals surface area contributed by atoms with E-state index in [0.29, 0.717) is 0 Å². The number of hydrogen-bond acceptors (Lipinski definition) is 0. The number of aromatic amines is 1. The van der Waals surface area contributed by atoms with Gasteiger partial charge in [-0.1, -0.05) is 35.9 Å². The van der Waals surface area contributed by atoms with E-state index in [-0.39, 0.29) is 0 Å². The third-order valence-electron chi connectivity index (χ3n) is 2.52. The number of nitrogens with one attached hydrogen (secondary N) is 1. The van der Waals surface area contributed by atoms with Gasteiger partial charge in [-0.2, -0.15) is 0 Å². The monoisotopic (exact) mass is 201 g/mol. The van der Waals surface area contributed by atoms with Crippen LogP contribution in [0.25, 0.3) is 21.7 Å². The number of hydrogen-bond donors (Lipinski definition) is 1. The van der Waals surface area contributed by atoms with Crippen molar-refractivity contribution in [1.29, 1.82) is 0 Å². The van der Waals surface area contributed by atoms with E-state index in [1.54, 1.807) is 0 Å². The fourth-order valence-electron chi connectivity index (χ4n) is 1.86. The van der Waals surface area contributed by atoms with Crippen LogP contribution in [0.3, 0.4) is 0 Å². The van der Waals surface area contributed by atoms with Gasteiger partial charge in [-0.15, -0.1) is 0 Å². The molecule has 0 spiro atoms. The van der Waals surface area contributed by atoms with E-state index >= 15 is 0 Å². The van der Waals surface area contributed by atoms with Crippen LogP contribution in [0.1, 0.15) is 0 Å². The third-order valence-corrected chi connectivity index (χ3v) is 2.83. The van der Waals surface area contributed by atoms with Crippen molar-refractivity contribution in [2.24, 2.45) is 0 Å². The third kappa shape index (κ3) is 0.962. The normalized spacial score (nSPS) is 11.2. The van der Waals surface area contributed by atoms with Gasteiger partial charge >= 0.3 is 0 Å². The zero-order valence-corrected chi connectivity index (χ0v) is 8.18.